The van der Waals surface area contributed by atoms with Crippen LogP contribution in [0.1, 0.15) is 35.6 Å². The zero-order valence-electron chi connectivity index (χ0n) is 10.8. The highest BCUT2D eigenvalue weighted by Gasteiger charge is 2.36. The van der Waals surface area contributed by atoms with Gasteiger partial charge in [0.05, 0.1) is 24.2 Å². The summed E-state index contributed by atoms with van der Waals surface area (Å²) in [6, 6.07) is 2.42. The molecule has 1 aromatic carbocycles. The van der Waals surface area contributed by atoms with Gasteiger partial charge in [-0.1, -0.05) is 6.07 Å². The number of nitrogens with zero attached hydrogens (tertiary/aromatic N) is 1. The van der Waals surface area contributed by atoms with Crippen molar-refractivity contribution >= 4 is 5.97 Å². The van der Waals surface area contributed by atoms with E-state index in [1.165, 1.54) is 6.92 Å². The molecule has 0 atom stereocenters. The van der Waals surface area contributed by atoms with Crippen LogP contribution in [-0.2, 0) is 22.1 Å². The summed E-state index contributed by atoms with van der Waals surface area (Å²) in [5, 5.41) is 8.77. The second-order valence-electron chi connectivity index (χ2n) is 3.95. The van der Waals surface area contributed by atoms with Crippen LogP contribution in [0.25, 0.3) is 0 Å². The summed E-state index contributed by atoms with van der Waals surface area (Å²) >= 11 is 0. The van der Waals surface area contributed by atoms with Gasteiger partial charge >= 0.3 is 12.1 Å². The lowest BCUT2D eigenvalue weighted by Crippen LogP contribution is -2.14. The minimum Gasteiger partial charge on any atom is -0.466 e. The molecule has 1 aromatic rings. The SMILES string of the molecule is CCOC(=O)Cc1ccc(C(F)(F)F)c(C#N)c1C(F)F. The van der Waals surface area contributed by atoms with Crippen molar-refractivity contribution in [2.45, 2.75) is 25.9 Å². The van der Waals surface area contributed by atoms with Crippen LogP contribution in [0, 0.1) is 11.3 Å². The van der Waals surface area contributed by atoms with E-state index in [4.69, 9.17) is 5.26 Å². The number of esters is 1. The van der Waals surface area contributed by atoms with E-state index in [1.807, 2.05) is 0 Å². The molecule has 114 valence electrons. The molecule has 0 radical (unpaired) electrons. The van der Waals surface area contributed by atoms with Crippen molar-refractivity contribution in [1.29, 1.82) is 5.26 Å². The highest BCUT2D eigenvalue weighted by Crippen LogP contribution is 2.37. The van der Waals surface area contributed by atoms with Crippen LogP contribution in [0.3, 0.4) is 0 Å². The third kappa shape index (κ3) is 3.90. The Morgan fingerprint density at radius 3 is 2.43 bits per heavy atom. The van der Waals surface area contributed by atoms with E-state index in [0.29, 0.717) is 6.07 Å². The standard InChI is InChI=1S/C13H10F5NO2/c1-2-21-10(20)5-7-3-4-9(13(16,17)18)8(6-19)11(7)12(14)15/h3-4,12H,2,5H2,1H3. The van der Waals surface area contributed by atoms with E-state index < -0.39 is 41.7 Å². The molecular formula is C13H10F5NO2. The molecule has 1 rings (SSSR count). The van der Waals surface area contributed by atoms with Gasteiger partial charge < -0.3 is 4.74 Å². The van der Waals surface area contributed by atoms with Crippen LogP contribution in [0.15, 0.2) is 12.1 Å². The summed E-state index contributed by atoms with van der Waals surface area (Å²) in [4.78, 5) is 11.3. The maximum atomic E-state index is 13.0. The smallest absolute Gasteiger partial charge is 0.417 e. The van der Waals surface area contributed by atoms with Gasteiger partial charge in [-0.25, -0.2) is 8.78 Å². The first-order valence-corrected chi connectivity index (χ1v) is 5.79. The van der Waals surface area contributed by atoms with Crippen molar-refractivity contribution in [3.8, 4) is 6.07 Å². The average Bonchev–Trinajstić information content (AvgIpc) is 2.36. The molecule has 0 spiro atoms. The maximum Gasteiger partial charge on any atom is 0.417 e. The first kappa shape index (κ1) is 16.9. The number of ether oxygens (including phenoxy) is 1. The normalized spacial score (nSPS) is 11.3. The number of nitriles is 1. The Morgan fingerprint density at radius 2 is 2.00 bits per heavy atom. The zero-order valence-corrected chi connectivity index (χ0v) is 10.8. The van der Waals surface area contributed by atoms with Gasteiger partial charge in [-0.15, -0.1) is 0 Å². The number of carbonyl (C=O) groups is 1. The Hall–Kier alpha value is -2.17. The van der Waals surface area contributed by atoms with Crippen LogP contribution in [-0.4, -0.2) is 12.6 Å². The summed E-state index contributed by atoms with van der Waals surface area (Å²) in [6.45, 7) is 1.51. The minimum atomic E-state index is -4.93. The van der Waals surface area contributed by atoms with Crippen LogP contribution in [0.2, 0.25) is 0 Å². The van der Waals surface area contributed by atoms with E-state index in [-0.39, 0.29) is 12.2 Å². The predicted molar refractivity (Wildman–Crippen MR) is 61.5 cm³/mol. The highest BCUT2D eigenvalue weighted by molar-refractivity contribution is 5.73. The van der Waals surface area contributed by atoms with E-state index >= 15 is 0 Å². The highest BCUT2D eigenvalue weighted by atomic mass is 19.4. The van der Waals surface area contributed by atoms with Crippen LogP contribution in [0.4, 0.5) is 22.0 Å². The third-order valence-electron chi connectivity index (χ3n) is 2.61. The van der Waals surface area contributed by atoms with Gasteiger partial charge in [0.1, 0.15) is 6.07 Å². The lowest BCUT2D eigenvalue weighted by molar-refractivity contribution is -0.142. The molecule has 0 aliphatic rings. The molecule has 0 heterocycles. The Kier molecular flexibility index (Phi) is 5.24. The topological polar surface area (TPSA) is 50.1 Å². The van der Waals surface area contributed by atoms with Crippen LogP contribution >= 0.6 is 0 Å². The van der Waals surface area contributed by atoms with Gasteiger partial charge in [0.2, 0.25) is 0 Å². The molecule has 0 unspecified atom stereocenters. The van der Waals surface area contributed by atoms with Crippen LogP contribution < -0.4 is 0 Å². The quantitative estimate of drug-likeness (QED) is 0.630. The molecule has 0 aliphatic carbocycles. The fourth-order valence-corrected chi connectivity index (χ4v) is 1.79. The fourth-order valence-electron chi connectivity index (χ4n) is 1.79. The molecule has 0 bridgehead atoms. The van der Waals surface area contributed by atoms with Crippen molar-refractivity contribution in [2.75, 3.05) is 6.61 Å². The Bertz CT molecular complexity index is 575. The molecule has 0 aromatic heterocycles. The van der Waals surface area contributed by atoms with Gasteiger partial charge in [0, 0.05) is 5.56 Å². The molecule has 21 heavy (non-hydrogen) atoms. The van der Waals surface area contributed by atoms with E-state index in [0.717, 1.165) is 12.1 Å². The van der Waals surface area contributed by atoms with Gasteiger partial charge in [0.15, 0.2) is 0 Å². The Balaban J connectivity index is 3.42. The minimum absolute atomic E-state index is 0.00852. The first-order chi connectivity index (χ1) is 9.72. The molecule has 0 fully saturated rings. The third-order valence-corrected chi connectivity index (χ3v) is 2.61. The second kappa shape index (κ2) is 6.52. The average molecular weight is 307 g/mol. The summed E-state index contributed by atoms with van der Waals surface area (Å²) in [6.07, 6.45) is -8.87. The number of alkyl halides is 5. The number of halogens is 5. The van der Waals surface area contributed by atoms with Gasteiger partial charge in [-0.2, -0.15) is 18.4 Å². The van der Waals surface area contributed by atoms with Gasteiger partial charge in [-0.3, -0.25) is 4.79 Å². The summed E-state index contributed by atoms with van der Waals surface area (Å²) in [7, 11) is 0. The molecule has 0 saturated heterocycles. The van der Waals surface area contributed by atoms with Crippen molar-refractivity contribution in [3.05, 3.63) is 34.4 Å². The molecule has 8 heteroatoms. The molecular weight excluding hydrogens is 297 g/mol. The van der Waals surface area contributed by atoms with Crippen molar-refractivity contribution < 1.29 is 31.5 Å². The Labute approximate surface area is 116 Å². The van der Waals surface area contributed by atoms with Crippen molar-refractivity contribution in [2.24, 2.45) is 0 Å². The number of hydrogen-bond acceptors (Lipinski definition) is 3. The van der Waals surface area contributed by atoms with Gasteiger partial charge in [0.25, 0.3) is 6.43 Å². The maximum absolute atomic E-state index is 13.0. The molecule has 3 nitrogen and oxygen atoms in total. The Morgan fingerprint density at radius 1 is 1.38 bits per heavy atom. The molecule has 0 saturated carbocycles. The molecule has 0 amide bonds. The summed E-state index contributed by atoms with van der Waals surface area (Å²) in [5.41, 5.74) is -4.06. The monoisotopic (exact) mass is 307 g/mol. The van der Waals surface area contributed by atoms with E-state index in [2.05, 4.69) is 4.74 Å². The molecule has 0 N–H and O–H groups in total. The zero-order chi connectivity index (χ0) is 16.2. The predicted octanol–water partition coefficient (Wildman–Crippen LogP) is 3.62. The lowest BCUT2D eigenvalue weighted by Gasteiger charge is -2.15. The van der Waals surface area contributed by atoms with Crippen LogP contribution in [0.5, 0.6) is 0 Å². The number of hydrogen-bond donors (Lipinski definition) is 0. The number of rotatable bonds is 4. The van der Waals surface area contributed by atoms with Crippen molar-refractivity contribution in [3.63, 3.8) is 0 Å². The lowest BCUT2D eigenvalue weighted by atomic mass is 9.94. The summed E-state index contributed by atoms with van der Waals surface area (Å²) in [5.74, 6) is -0.858. The fraction of sp³-hybridized carbons (Fsp3) is 0.385. The van der Waals surface area contributed by atoms with Crippen molar-refractivity contribution in [1.82, 2.24) is 0 Å². The largest absolute Gasteiger partial charge is 0.466 e. The second-order valence-corrected chi connectivity index (χ2v) is 3.95. The number of carbonyl (C=O) groups excluding carboxylic acids is 1. The first-order valence-electron chi connectivity index (χ1n) is 5.79. The number of benzene rings is 1. The van der Waals surface area contributed by atoms with E-state index in [1.54, 1.807) is 0 Å². The van der Waals surface area contributed by atoms with Gasteiger partial charge in [-0.05, 0) is 18.6 Å². The summed E-state index contributed by atoms with van der Waals surface area (Å²) < 4.78 is 68.7. The van der Waals surface area contributed by atoms with E-state index in [9.17, 15) is 26.7 Å². The molecule has 0 aliphatic heterocycles.